The van der Waals surface area contributed by atoms with Crippen LogP contribution in [0.3, 0.4) is 0 Å². The minimum absolute atomic E-state index is 0.337. The highest BCUT2D eigenvalue weighted by molar-refractivity contribution is 7.47. The molecule has 0 aliphatic heterocycles. The first-order valence-corrected chi connectivity index (χ1v) is 6.15. The Balaban J connectivity index is 2.59. The summed E-state index contributed by atoms with van der Waals surface area (Å²) in [6.07, 6.45) is -0.464. The van der Waals surface area contributed by atoms with E-state index in [0.717, 1.165) is 5.56 Å². The van der Waals surface area contributed by atoms with Gasteiger partial charge in [0, 0.05) is 19.0 Å². The Bertz CT molecular complexity index is 458. The molecular weight excluding hydrogens is 272 g/mol. The Morgan fingerprint density at radius 1 is 1.50 bits per heavy atom. The number of alkyl carbamates (subject to hydrolysis) is 1. The zero-order chi connectivity index (χ0) is 13.8. The molecule has 0 spiro atoms. The van der Waals surface area contributed by atoms with Gasteiger partial charge in [-0.1, -0.05) is 17.7 Å². The van der Waals surface area contributed by atoms with E-state index in [2.05, 4.69) is 22.1 Å². The molecule has 0 heterocycles. The van der Waals surface area contributed by atoms with Crippen molar-refractivity contribution >= 4 is 35.8 Å². The van der Waals surface area contributed by atoms with Gasteiger partial charge in [0.25, 0.3) is 0 Å². The lowest BCUT2D eigenvalue weighted by Gasteiger charge is -2.19. The number of hydrogen-bond acceptors (Lipinski definition) is 4. The molecule has 0 radical (unpaired) electrons. The van der Waals surface area contributed by atoms with Crippen molar-refractivity contribution in [2.24, 2.45) is 4.36 Å². The summed E-state index contributed by atoms with van der Waals surface area (Å²) in [5.74, 6) is 0. The number of amides is 1. The van der Waals surface area contributed by atoms with Gasteiger partial charge in [0.05, 0.1) is 10.7 Å². The standard InChI is InChI=1S/C12H15ClN2O2S/c1-12(2,3)17-11(16)14-7-8-4-5-9(13)10(6-8)15-18/h4-6H,7H2,1-3H3,(H,14,16). The molecule has 0 unspecified atom stereocenters. The van der Waals surface area contributed by atoms with Gasteiger partial charge in [-0.05, 0) is 38.5 Å². The minimum Gasteiger partial charge on any atom is -0.444 e. The third kappa shape index (κ3) is 4.98. The lowest BCUT2D eigenvalue weighted by molar-refractivity contribution is 0.0523. The van der Waals surface area contributed by atoms with Crippen LogP contribution in [0.4, 0.5) is 10.5 Å². The van der Waals surface area contributed by atoms with E-state index in [-0.39, 0.29) is 0 Å². The molecule has 1 aromatic carbocycles. The van der Waals surface area contributed by atoms with E-state index in [4.69, 9.17) is 16.3 Å². The number of benzene rings is 1. The fourth-order valence-corrected chi connectivity index (χ4v) is 1.59. The highest BCUT2D eigenvalue weighted by Gasteiger charge is 2.15. The van der Waals surface area contributed by atoms with Gasteiger partial charge >= 0.3 is 6.09 Å². The molecule has 0 atom stereocenters. The summed E-state index contributed by atoms with van der Waals surface area (Å²) in [5.41, 5.74) is 0.870. The number of carbonyl (C=O) groups excluding carboxylic acids is 1. The highest BCUT2D eigenvalue weighted by atomic mass is 35.5. The summed E-state index contributed by atoms with van der Waals surface area (Å²) in [6, 6.07) is 5.22. The third-order valence-corrected chi connectivity index (χ3v) is 2.46. The fraction of sp³-hybridized carbons (Fsp3) is 0.417. The first-order valence-electron chi connectivity index (χ1n) is 5.40. The maximum Gasteiger partial charge on any atom is 0.407 e. The number of halogens is 1. The SMILES string of the molecule is CC(C)(C)OC(=O)NCc1ccc(Cl)c(N=S)c1. The molecule has 98 valence electrons. The van der Waals surface area contributed by atoms with Crippen molar-refractivity contribution in [3.05, 3.63) is 28.8 Å². The van der Waals surface area contributed by atoms with E-state index >= 15 is 0 Å². The van der Waals surface area contributed by atoms with Crippen molar-refractivity contribution in [3.63, 3.8) is 0 Å². The van der Waals surface area contributed by atoms with Gasteiger partial charge in [-0.25, -0.2) is 4.79 Å². The maximum atomic E-state index is 11.4. The average molecular weight is 287 g/mol. The first kappa shape index (κ1) is 14.9. The molecule has 1 N–H and O–H groups in total. The van der Waals surface area contributed by atoms with E-state index in [9.17, 15) is 4.79 Å². The number of hydrogen-bond donors (Lipinski definition) is 1. The molecule has 4 nitrogen and oxygen atoms in total. The fourth-order valence-electron chi connectivity index (χ4n) is 1.23. The van der Waals surface area contributed by atoms with Crippen LogP contribution in [-0.2, 0) is 23.7 Å². The first-order chi connectivity index (χ1) is 8.31. The second-order valence-electron chi connectivity index (χ2n) is 4.73. The Morgan fingerprint density at radius 3 is 2.72 bits per heavy atom. The highest BCUT2D eigenvalue weighted by Crippen LogP contribution is 2.25. The number of ether oxygens (including phenoxy) is 1. The molecule has 6 heteroatoms. The quantitative estimate of drug-likeness (QED) is 0.921. The Labute approximate surface area is 117 Å². The lowest BCUT2D eigenvalue weighted by atomic mass is 10.2. The van der Waals surface area contributed by atoms with Crippen molar-refractivity contribution in [2.75, 3.05) is 0 Å². The van der Waals surface area contributed by atoms with Crippen LogP contribution < -0.4 is 5.32 Å². The van der Waals surface area contributed by atoms with Gasteiger partial charge in [-0.15, -0.1) is 0 Å². The summed E-state index contributed by atoms with van der Waals surface area (Å²) in [4.78, 5) is 11.4. The third-order valence-electron chi connectivity index (χ3n) is 1.94. The van der Waals surface area contributed by atoms with Gasteiger partial charge in [0.15, 0.2) is 0 Å². The van der Waals surface area contributed by atoms with Crippen molar-refractivity contribution in [1.29, 1.82) is 0 Å². The molecule has 0 aliphatic rings. The summed E-state index contributed by atoms with van der Waals surface area (Å²) in [6.45, 7) is 5.76. The average Bonchev–Trinajstić information content (AvgIpc) is 2.25. The molecule has 18 heavy (non-hydrogen) atoms. The van der Waals surface area contributed by atoms with Crippen molar-refractivity contribution in [1.82, 2.24) is 5.32 Å². The lowest BCUT2D eigenvalue weighted by Crippen LogP contribution is -2.32. The normalized spacial score (nSPS) is 10.9. The molecule has 0 saturated carbocycles. The van der Waals surface area contributed by atoms with E-state index < -0.39 is 11.7 Å². The predicted octanol–water partition coefficient (Wildman–Crippen LogP) is 3.73. The van der Waals surface area contributed by atoms with Crippen molar-refractivity contribution in [2.45, 2.75) is 32.9 Å². The summed E-state index contributed by atoms with van der Waals surface area (Å²) >= 11 is 10.5. The summed E-state index contributed by atoms with van der Waals surface area (Å²) in [5, 5.41) is 3.14. The minimum atomic E-state index is -0.509. The van der Waals surface area contributed by atoms with Gasteiger partial charge in [-0.3, -0.25) is 0 Å². The molecule has 1 amide bonds. The summed E-state index contributed by atoms with van der Waals surface area (Å²) in [7, 11) is 0. The van der Waals surface area contributed by atoms with Crippen LogP contribution >= 0.6 is 11.6 Å². The van der Waals surface area contributed by atoms with Crippen LogP contribution in [0.1, 0.15) is 26.3 Å². The monoisotopic (exact) mass is 286 g/mol. The van der Waals surface area contributed by atoms with Gasteiger partial charge < -0.3 is 10.1 Å². The van der Waals surface area contributed by atoms with E-state index in [1.165, 1.54) is 0 Å². The molecule has 0 bridgehead atoms. The molecule has 0 aliphatic carbocycles. The molecule has 1 rings (SSSR count). The maximum absolute atomic E-state index is 11.4. The van der Waals surface area contributed by atoms with E-state index in [1.54, 1.807) is 18.2 Å². The van der Waals surface area contributed by atoms with Crippen LogP contribution in [0.5, 0.6) is 0 Å². The number of nitrogens with one attached hydrogen (secondary N) is 1. The number of carbonyl (C=O) groups is 1. The van der Waals surface area contributed by atoms with Crippen LogP contribution in [0.25, 0.3) is 0 Å². The topological polar surface area (TPSA) is 50.7 Å². The molecular formula is C12H15ClN2O2S. The van der Waals surface area contributed by atoms with Gasteiger partial charge in [-0.2, -0.15) is 4.36 Å². The Hall–Kier alpha value is -1.20. The van der Waals surface area contributed by atoms with Crippen molar-refractivity contribution in [3.8, 4) is 0 Å². The zero-order valence-electron chi connectivity index (χ0n) is 10.5. The molecule has 0 aromatic heterocycles. The van der Waals surface area contributed by atoms with Gasteiger partial charge in [0.1, 0.15) is 5.60 Å². The van der Waals surface area contributed by atoms with E-state index in [0.29, 0.717) is 17.3 Å². The smallest absolute Gasteiger partial charge is 0.407 e. The number of rotatable bonds is 3. The summed E-state index contributed by atoms with van der Waals surface area (Å²) < 4.78 is 8.74. The molecule has 1 aromatic rings. The van der Waals surface area contributed by atoms with Gasteiger partial charge in [0.2, 0.25) is 0 Å². The van der Waals surface area contributed by atoms with Crippen LogP contribution in [0, 0.1) is 0 Å². The van der Waals surface area contributed by atoms with Crippen LogP contribution in [-0.4, -0.2) is 11.7 Å². The largest absolute Gasteiger partial charge is 0.444 e. The van der Waals surface area contributed by atoms with Crippen LogP contribution in [0.2, 0.25) is 5.02 Å². The predicted molar refractivity (Wildman–Crippen MR) is 74.0 cm³/mol. The second kappa shape index (κ2) is 6.11. The Kier molecular flexibility index (Phi) is 5.04. The Morgan fingerprint density at radius 2 is 2.17 bits per heavy atom. The number of nitrogens with zero attached hydrogens (tertiary/aromatic N) is 1. The van der Waals surface area contributed by atoms with Crippen LogP contribution in [0.15, 0.2) is 22.6 Å². The molecule has 0 fully saturated rings. The van der Waals surface area contributed by atoms with E-state index in [1.807, 2.05) is 20.8 Å². The second-order valence-corrected chi connectivity index (χ2v) is 5.32. The van der Waals surface area contributed by atoms with Crippen molar-refractivity contribution < 1.29 is 9.53 Å². The zero-order valence-corrected chi connectivity index (χ0v) is 12.1. The molecule has 0 saturated heterocycles.